The Morgan fingerprint density at radius 3 is 2.50 bits per heavy atom. The number of hydrogen-bond donors (Lipinski definition) is 1. The molecule has 3 rings (SSSR count). The molecule has 1 amide bonds. The van der Waals surface area contributed by atoms with Crippen LogP contribution in [0.25, 0.3) is 0 Å². The Morgan fingerprint density at radius 2 is 1.79 bits per heavy atom. The number of carbonyl (C=O) groups excluding carboxylic acids is 1. The number of benzene rings is 3. The third-order valence-corrected chi connectivity index (χ3v) is 4.16. The largest absolute Gasteiger partial charge is 0.497 e. The summed E-state index contributed by atoms with van der Waals surface area (Å²) in [7, 11) is 1.55. The van der Waals surface area contributed by atoms with Gasteiger partial charge in [0.15, 0.2) is 0 Å². The molecular formula is C22H19ClN2O3. The minimum atomic E-state index is -0.307. The first-order valence-electron chi connectivity index (χ1n) is 8.59. The first-order chi connectivity index (χ1) is 13.6. The highest BCUT2D eigenvalue weighted by molar-refractivity contribution is 6.30. The lowest BCUT2D eigenvalue weighted by molar-refractivity contribution is 0.0955. The first kappa shape index (κ1) is 19.5. The number of carbonyl (C=O) groups is 1. The minimum Gasteiger partial charge on any atom is -0.497 e. The van der Waals surface area contributed by atoms with E-state index in [1.807, 2.05) is 48.5 Å². The van der Waals surface area contributed by atoms with Gasteiger partial charge in [-0.05, 0) is 65.7 Å². The SMILES string of the molecule is COc1cccc(C(=O)N/N=C/c2ccc(OCc3ccc(Cl)cc3)cc2)c1. The van der Waals surface area contributed by atoms with Crippen LogP contribution in [-0.2, 0) is 6.61 Å². The Hall–Kier alpha value is -3.31. The summed E-state index contributed by atoms with van der Waals surface area (Å²) in [5.74, 6) is 1.05. The van der Waals surface area contributed by atoms with Gasteiger partial charge >= 0.3 is 0 Å². The van der Waals surface area contributed by atoms with Crippen LogP contribution in [0.3, 0.4) is 0 Å². The van der Waals surface area contributed by atoms with E-state index < -0.39 is 0 Å². The Labute approximate surface area is 168 Å². The van der Waals surface area contributed by atoms with Crippen molar-refractivity contribution in [3.63, 3.8) is 0 Å². The molecule has 3 aromatic rings. The molecule has 0 aliphatic rings. The fourth-order valence-corrected chi connectivity index (χ4v) is 2.52. The van der Waals surface area contributed by atoms with Crippen LogP contribution < -0.4 is 14.9 Å². The number of hydrazone groups is 1. The van der Waals surface area contributed by atoms with Crippen LogP contribution >= 0.6 is 11.6 Å². The molecule has 0 aromatic heterocycles. The average Bonchev–Trinajstić information content (AvgIpc) is 2.74. The van der Waals surface area contributed by atoms with Crippen LogP contribution in [0.4, 0.5) is 0 Å². The van der Waals surface area contributed by atoms with Crippen LogP contribution in [0.2, 0.25) is 5.02 Å². The number of methoxy groups -OCH3 is 1. The van der Waals surface area contributed by atoms with Crippen molar-refractivity contribution in [2.45, 2.75) is 6.61 Å². The molecule has 142 valence electrons. The van der Waals surface area contributed by atoms with Crippen LogP contribution in [0.5, 0.6) is 11.5 Å². The highest BCUT2D eigenvalue weighted by Gasteiger charge is 2.05. The number of amides is 1. The number of nitrogens with zero attached hydrogens (tertiary/aromatic N) is 1. The zero-order chi connectivity index (χ0) is 19.8. The maximum absolute atomic E-state index is 12.1. The van der Waals surface area contributed by atoms with E-state index in [2.05, 4.69) is 10.5 Å². The molecule has 0 unspecified atom stereocenters. The molecule has 6 heteroatoms. The monoisotopic (exact) mass is 394 g/mol. The summed E-state index contributed by atoms with van der Waals surface area (Å²) >= 11 is 5.87. The number of nitrogens with one attached hydrogen (secondary N) is 1. The zero-order valence-electron chi connectivity index (χ0n) is 15.3. The van der Waals surface area contributed by atoms with E-state index in [0.29, 0.717) is 22.9 Å². The van der Waals surface area contributed by atoms with Gasteiger partial charge in [0, 0.05) is 10.6 Å². The van der Waals surface area contributed by atoms with Gasteiger partial charge in [-0.3, -0.25) is 4.79 Å². The maximum Gasteiger partial charge on any atom is 0.271 e. The summed E-state index contributed by atoms with van der Waals surface area (Å²) in [6.45, 7) is 0.460. The number of hydrogen-bond acceptors (Lipinski definition) is 4. The summed E-state index contributed by atoms with van der Waals surface area (Å²) in [6.07, 6.45) is 1.57. The molecular weight excluding hydrogens is 376 g/mol. The van der Waals surface area contributed by atoms with Gasteiger partial charge in [-0.15, -0.1) is 0 Å². The number of ether oxygens (including phenoxy) is 2. The zero-order valence-corrected chi connectivity index (χ0v) is 16.0. The molecule has 0 saturated heterocycles. The van der Waals surface area contributed by atoms with Gasteiger partial charge in [-0.1, -0.05) is 29.8 Å². The lowest BCUT2D eigenvalue weighted by atomic mass is 10.2. The van der Waals surface area contributed by atoms with Gasteiger partial charge in [0.2, 0.25) is 0 Å². The van der Waals surface area contributed by atoms with Crippen molar-refractivity contribution < 1.29 is 14.3 Å². The van der Waals surface area contributed by atoms with E-state index in [1.54, 1.807) is 37.6 Å². The minimum absolute atomic E-state index is 0.307. The Bertz CT molecular complexity index is 954. The molecule has 0 aliphatic carbocycles. The molecule has 3 aromatic carbocycles. The van der Waals surface area contributed by atoms with Crippen LogP contribution in [0, 0.1) is 0 Å². The van der Waals surface area contributed by atoms with Gasteiger partial charge < -0.3 is 9.47 Å². The normalized spacial score (nSPS) is 10.6. The average molecular weight is 395 g/mol. The summed E-state index contributed by atoms with van der Waals surface area (Å²) < 4.78 is 10.8. The molecule has 28 heavy (non-hydrogen) atoms. The van der Waals surface area contributed by atoms with Crippen molar-refractivity contribution in [1.82, 2.24) is 5.43 Å². The standard InChI is InChI=1S/C22H19ClN2O3/c1-27-21-4-2-3-18(13-21)22(26)25-24-14-16-7-11-20(12-8-16)28-15-17-5-9-19(23)10-6-17/h2-14H,15H2,1H3,(H,25,26)/b24-14+. The second kappa shape index (κ2) is 9.58. The van der Waals surface area contributed by atoms with E-state index in [9.17, 15) is 4.79 Å². The van der Waals surface area contributed by atoms with E-state index in [1.165, 1.54) is 0 Å². The van der Waals surface area contributed by atoms with Crippen molar-refractivity contribution >= 4 is 23.7 Å². The van der Waals surface area contributed by atoms with E-state index in [-0.39, 0.29) is 5.91 Å². The lowest BCUT2D eigenvalue weighted by Gasteiger charge is -2.06. The van der Waals surface area contributed by atoms with Gasteiger partial charge in [0.05, 0.1) is 13.3 Å². The molecule has 0 saturated carbocycles. The van der Waals surface area contributed by atoms with Gasteiger partial charge in [-0.2, -0.15) is 5.10 Å². The third-order valence-electron chi connectivity index (χ3n) is 3.91. The van der Waals surface area contributed by atoms with Gasteiger partial charge in [0.1, 0.15) is 18.1 Å². The molecule has 0 fully saturated rings. The Kier molecular flexibility index (Phi) is 6.65. The molecule has 0 aliphatic heterocycles. The smallest absolute Gasteiger partial charge is 0.271 e. The van der Waals surface area contributed by atoms with Crippen molar-refractivity contribution in [2.24, 2.45) is 5.10 Å². The third kappa shape index (κ3) is 5.59. The highest BCUT2D eigenvalue weighted by atomic mass is 35.5. The molecule has 0 bridgehead atoms. The van der Waals surface area contributed by atoms with Crippen molar-refractivity contribution in [2.75, 3.05) is 7.11 Å². The predicted octanol–water partition coefficient (Wildman–Crippen LogP) is 4.69. The van der Waals surface area contributed by atoms with Crippen LogP contribution in [0.1, 0.15) is 21.5 Å². The second-order valence-electron chi connectivity index (χ2n) is 5.92. The summed E-state index contributed by atoms with van der Waals surface area (Å²) in [5, 5.41) is 4.69. The molecule has 0 heterocycles. The summed E-state index contributed by atoms with van der Waals surface area (Å²) in [5.41, 5.74) is 4.85. The van der Waals surface area contributed by atoms with Crippen LogP contribution in [-0.4, -0.2) is 19.2 Å². The van der Waals surface area contributed by atoms with E-state index in [0.717, 1.165) is 16.9 Å². The lowest BCUT2D eigenvalue weighted by Crippen LogP contribution is -2.17. The number of rotatable bonds is 7. The molecule has 1 N–H and O–H groups in total. The highest BCUT2D eigenvalue weighted by Crippen LogP contribution is 2.15. The van der Waals surface area contributed by atoms with Crippen LogP contribution in [0.15, 0.2) is 77.9 Å². The van der Waals surface area contributed by atoms with E-state index >= 15 is 0 Å². The fraction of sp³-hybridized carbons (Fsp3) is 0.0909. The Morgan fingerprint density at radius 1 is 1.04 bits per heavy atom. The predicted molar refractivity (Wildman–Crippen MR) is 110 cm³/mol. The summed E-state index contributed by atoms with van der Waals surface area (Å²) in [4.78, 5) is 12.1. The quantitative estimate of drug-likeness (QED) is 0.467. The maximum atomic E-state index is 12.1. The Balaban J connectivity index is 1.51. The number of halogens is 1. The topological polar surface area (TPSA) is 59.9 Å². The van der Waals surface area contributed by atoms with E-state index in [4.69, 9.17) is 21.1 Å². The van der Waals surface area contributed by atoms with Crippen molar-refractivity contribution in [3.05, 3.63) is 94.5 Å². The fourth-order valence-electron chi connectivity index (χ4n) is 2.39. The van der Waals surface area contributed by atoms with Gasteiger partial charge in [-0.25, -0.2) is 5.43 Å². The molecule has 5 nitrogen and oxygen atoms in total. The first-order valence-corrected chi connectivity index (χ1v) is 8.96. The molecule has 0 radical (unpaired) electrons. The molecule has 0 spiro atoms. The van der Waals surface area contributed by atoms with Crippen molar-refractivity contribution in [1.29, 1.82) is 0 Å². The van der Waals surface area contributed by atoms with Gasteiger partial charge in [0.25, 0.3) is 5.91 Å². The summed E-state index contributed by atoms with van der Waals surface area (Å²) in [6, 6.07) is 21.8. The molecule has 0 atom stereocenters. The second-order valence-corrected chi connectivity index (χ2v) is 6.35. The van der Waals surface area contributed by atoms with Crippen molar-refractivity contribution in [3.8, 4) is 11.5 Å².